The lowest BCUT2D eigenvalue weighted by Crippen LogP contribution is -2.13. The first kappa shape index (κ1) is 8.33. The Morgan fingerprint density at radius 3 is 2.36 bits per heavy atom. The van der Waals surface area contributed by atoms with Gasteiger partial charge in [-0.25, -0.2) is 0 Å². The number of hydrogen-bond donors (Lipinski definition) is 0. The third kappa shape index (κ3) is 2.08. The molecule has 11 heavy (non-hydrogen) atoms. The second-order valence-electron chi connectivity index (χ2n) is 3.59. The van der Waals surface area contributed by atoms with E-state index in [2.05, 4.69) is 19.6 Å². The first-order chi connectivity index (χ1) is 5.24. The zero-order valence-corrected chi connectivity index (χ0v) is 7.14. The molecule has 1 heteroatoms. The highest BCUT2D eigenvalue weighted by Gasteiger charge is 2.19. The molecule has 1 aliphatic rings. The van der Waals surface area contributed by atoms with Crippen molar-refractivity contribution < 1.29 is 0 Å². The first-order valence-corrected chi connectivity index (χ1v) is 4.33. The predicted octanol–water partition coefficient (Wildman–Crippen LogP) is 2.89. The molecule has 0 spiro atoms. The van der Waals surface area contributed by atoms with Crippen molar-refractivity contribution in [3.63, 3.8) is 0 Å². The zero-order valence-electron chi connectivity index (χ0n) is 7.14. The Labute approximate surface area is 68.7 Å². The van der Waals surface area contributed by atoms with Crippen LogP contribution in [0.4, 0.5) is 0 Å². The van der Waals surface area contributed by atoms with Gasteiger partial charge in [0, 0.05) is 5.57 Å². The first-order valence-electron chi connectivity index (χ1n) is 4.33. The summed E-state index contributed by atoms with van der Waals surface area (Å²) in [6, 6.07) is 2.16. The van der Waals surface area contributed by atoms with E-state index < -0.39 is 0 Å². The fourth-order valence-electron chi connectivity index (χ4n) is 1.70. The minimum absolute atomic E-state index is 0.496. The van der Waals surface area contributed by atoms with E-state index >= 15 is 0 Å². The number of nitrogens with zero attached hydrogens (tertiary/aromatic N) is 1. The summed E-state index contributed by atoms with van der Waals surface area (Å²) in [6.07, 6.45) is 4.89. The summed E-state index contributed by atoms with van der Waals surface area (Å²) in [5.41, 5.74) is 0.789. The monoisotopic (exact) mass is 149 g/mol. The van der Waals surface area contributed by atoms with Crippen LogP contribution in [0, 0.1) is 23.2 Å². The van der Waals surface area contributed by atoms with E-state index in [1.807, 2.05) is 0 Å². The van der Waals surface area contributed by atoms with E-state index in [1.54, 1.807) is 0 Å². The smallest absolute Gasteiger partial charge is 0.0943 e. The number of nitriles is 1. The molecule has 0 unspecified atom stereocenters. The molecule has 0 radical (unpaired) electrons. The van der Waals surface area contributed by atoms with Crippen LogP contribution in [-0.2, 0) is 0 Å². The lowest BCUT2D eigenvalue weighted by molar-refractivity contribution is 0.324. The number of hydrogen-bond acceptors (Lipinski definition) is 1. The Morgan fingerprint density at radius 1 is 1.36 bits per heavy atom. The van der Waals surface area contributed by atoms with Crippen LogP contribution < -0.4 is 0 Å². The van der Waals surface area contributed by atoms with Gasteiger partial charge in [0.15, 0.2) is 0 Å². The maximum atomic E-state index is 8.60. The highest BCUT2D eigenvalue weighted by Crippen LogP contribution is 2.31. The van der Waals surface area contributed by atoms with Crippen LogP contribution in [0.1, 0.15) is 32.6 Å². The van der Waals surface area contributed by atoms with E-state index in [1.165, 1.54) is 25.7 Å². The van der Waals surface area contributed by atoms with Gasteiger partial charge in [-0.2, -0.15) is 5.26 Å². The van der Waals surface area contributed by atoms with Gasteiger partial charge in [0.25, 0.3) is 0 Å². The Kier molecular flexibility index (Phi) is 2.70. The van der Waals surface area contributed by atoms with E-state index in [0.29, 0.717) is 5.92 Å². The predicted molar refractivity (Wildman–Crippen MR) is 45.9 cm³/mol. The van der Waals surface area contributed by atoms with Gasteiger partial charge in [0.05, 0.1) is 6.07 Å². The molecule has 1 saturated carbocycles. The van der Waals surface area contributed by atoms with Crippen molar-refractivity contribution in [2.45, 2.75) is 32.6 Å². The van der Waals surface area contributed by atoms with E-state index in [-0.39, 0.29) is 0 Å². The van der Waals surface area contributed by atoms with Crippen molar-refractivity contribution >= 4 is 0 Å². The Balaban J connectivity index is 2.40. The second-order valence-corrected chi connectivity index (χ2v) is 3.59. The van der Waals surface area contributed by atoms with Crippen LogP contribution >= 0.6 is 0 Å². The molecule has 60 valence electrons. The summed E-state index contributed by atoms with van der Waals surface area (Å²) in [5, 5.41) is 8.60. The van der Waals surface area contributed by atoms with E-state index in [4.69, 9.17) is 5.26 Å². The minimum atomic E-state index is 0.496. The van der Waals surface area contributed by atoms with Crippen molar-refractivity contribution in [1.29, 1.82) is 5.26 Å². The van der Waals surface area contributed by atoms with Crippen LogP contribution in [0.25, 0.3) is 0 Å². The molecule has 1 aliphatic carbocycles. The lowest BCUT2D eigenvalue weighted by atomic mass is 9.80. The van der Waals surface area contributed by atoms with Gasteiger partial charge in [0.2, 0.25) is 0 Å². The van der Waals surface area contributed by atoms with Gasteiger partial charge in [-0.15, -0.1) is 0 Å². The van der Waals surface area contributed by atoms with Crippen molar-refractivity contribution in [3.05, 3.63) is 12.2 Å². The molecule has 0 aliphatic heterocycles. The summed E-state index contributed by atoms with van der Waals surface area (Å²) >= 11 is 0. The summed E-state index contributed by atoms with van der Waals surface area (Å²) in [5.74, 6) is 1.36. The van der Waals surface area contributed by atoms with Crippen LogP contribution in [0.15, 0.2) is 12.2 Å². The van der Waals surface area contributed by atoms with Gasteiger partial charge >= 0.3 is 0 Å². The molecular formula is C10H15N. The van der Waals surface area contributed by atoms with Crippen molar-refractivity contribution in [2.75, 3.05) is 0 Å². The molecule has 0 heterocycles. The molecule has 1 nitrogen and oxygen atoms in total. The van der Waals surface area contributed by atoms with Crippen LogP contribution in [0.5, 0.6) is 0 Å². The van der Waals surface area contributed by atoms with Crippen LogP contribution in [0.2, 0.25) is 0 Å². The normalized spacial score (nSPS) is 30.9. The topological polar surface area (TPSA) is 23.8 Å². The van der Waals surface area contributed by atoms with Gasteiger partial charge in [-0.05, 0) is 24.7 Å². The second kappa shape index (κ2) is 3.57. The lowest BCUT2D eigenvalue weighted by Gasteiger charge is -2.24. The SMILES string of the molecule is C=C(C#N)C1CCC(C)CC1. The molecule has 0 bridgehead atoms. The molecule has 0 saturated heterocycles. The maximum Gasteiger partial charge on any atom is 0.0943 e. The Hall–Kier alpha value is -0.770. The standard InChI is InChI=1S/C10H15N/c1-8-3-5-10(6-4-8)9(2)7-11/h8,10H,2-6H2,1H3. The summed E-state index contributed by atoms with van der Waals surface area (Å²) < 4.78 is 0. The molecule has 0 N–H and O–H groups in total. The summed E-state index contributed by atoms with van der Waals surface area (Å²) in [7, 11) is 0. The van der Waals surface area contributed by atoms with Crippen molar-refractivity contribution in [1.82, 2.24) is 0 Å². The third-order valence-corrected chi connectivity index (χ3v) is 2.65. The van der Waals surface area contributed by atoms with Crippen LogP contribution in [-0.4, -0.2) is 0 Å². The average Bonchev–Trinajstić information content (AvgIpc) is 2.05. The fourth-order valence-corrected chi connectivity index (χ4v) is 1.70. The molecule has 0 atom stereocenters. The van der Waals surface area contributed by atoms with Gasteiger partial charge in [-0.1, -0.05) is 26.3 Å². The molecular weight excluding hydrogens is 134 g/mol. The van der Waals surface area contributed by atoms with Crippen LogP contribution in [0.3, 0.4) is 0 Å². The average molecular weight is 149 g/mol. The molecule has 1 rings (SSSR count). The molecule has 0 aromatic heterocycles. The highest BCUT2D eigenvalue weighted by atomic mass is 14.3. The van der Waals surface area contributed by atoms with Gasteiger partial charge in [-0.3, -0.25) is 0 Å². The molecule has 0 amide bonds. The number of rotatable bonds is 1. The third-order valence-electron chi connectivity index (χ3n) is 2.65. The van der Waals surface area contributed by atoms with Crippen molar-refractivity contribution in [2.24, 2.45) is 11.8 Å². The minimum Gasteiger partial charge on any atom is -0.193 e. The largest absolute Gasteiger partial charge is 0.193 e. The van der Waals surface area contributed by atoms with Gasteiger partial charge in [0.1, 0.15) is 0 Å². The van der Waals surface area contributed by atoms with Crippen molar-refractivity contribution in [3.8, 4) is 6.07 Å². The van der Waals surface area contributed by atoms with E-state index in [0.717, 1.165) is 11.5 Å². The Morgan fingerprint density at radius 2 is 1.91 bits per heavy atom. The fraction of sp³-hybridized carbons (Fsp3) is 0.700. The summed E-state index contributed by atoms with van der Waals surface area (Å²) in [6.45, 7) is 6.04. The molecule has 0 aromatic carbocycles. The highest BCUT2D eigenvalue weighted by molar-refractivity contribution is 5.19. The maximum absolute atomic E-state index is 8.60. The summed E-state index contributed by atoms with van der Waals surface area (Å²) in [4.78, 5) is 0. The van der Waals surface area contributed by atoms with E-state index in [9.17, 15) is 0 Å². The van der Waals surface area contributed by atoms with Gasteiger partial charge < -0.3 is 0 Å². The number of allylic oxidation sites excluding steroid dienone is 1. The molecule has 1 fully saturated rings. The quantitative estimate of drug-likeness (QED) is 0.526. The zero-order chi connectivity index (χ0) is 8.27. The molecule has 0 aromatic rings. The Bertz CT molecular complexity index is 180.